The molecule has 1 aromatic heterocycles. The zero-order valence-corrected chi connectivity index (χ0v) is 20.3. The van der Waals surface area contributed by atoms with Gasteiger partial charge in [-0.15, -0.1) is 22.0 Å². The smallest absolute Gasteiger partial charge is 0.352 e. The van der Waals surface area contributed by atoms with E-state index in [4.69, 9.17) is 5.73 Å². The highest BCUT2D eigenvalue weighted by Crippen LogP contribution is 2.42. The highest BCUT2D eigenvalue weighted by molar-refractivity contribution is 8.01. The molecule has 1 aromatic carbocycles. The number of hydrogen-bond donors (Lipinski definition) is 4. The average Bonchev–Trinajstić information content (AvgIpc) is 3.23. The maximum Gasteiger partial charge on any atom is 0.352 e. The molecule has 11 nitrogen and oxygen atoms in total. The molecule has 2 aromatic rings. The van der Waals surface area contributed by atoms with Crippen molar-refractivity contribution in [1.82, 2.24) is 20.4 Å². The van der Waals surface area contributed by atoms with Crippen LogP contribution < -0.4 is 16.4 Å². The van der Waals surface area contributed by atoms with Gasteiger partial charge in [-0.25, -0.2) is 4.79 Å². The van der Waals surface area contributed by atoms with Crippen molar-refractivity contribution in [2.75, 3.05) is 22.6 Å². The van der Waals surface area contributed by atoms with Crippen molar-refractivity contribution in [3.63, 3.8) is 0 Å². The van der Waals surface area contributed by atoms with Crippen molar-refractivity contribution < 1.29 is 24.3 Å². The largest absolute Gasteiger partial charge is 0.477 e. The maximum atomic E-state index is 12.8. The second-order valence-corrected chi connectivity index (χ2v) is 10.7. The number of hydrogen-bond acceptors (Lipinski definition) is 10. The van der Waals surface area contributed by atoms with Crippen LogP contribution in [0.5, 0.6) is 0 Å². The minimum Gasteiger partial charge on any atom is -0.477 e. The lowest BCUT2D eigenvalue weighted by atomic mass is 10.0. The van der Waals surface area contributed by atoms with Crippen LogP contribution in [0.4, 0.5) is 10.8 Å². The molecule has 1 fully saturated rings. The fourth-order valence-corrected chi connectivity index (χ4v) is 6.79. The number of nitrogens with zero attached hydrogens (tertiary/aromatic N) is 3. The zero-order chi connectivity index (χ0) is 24.4. The second-order valence-electron chi connectivity index (χ2n) is 7.43. The molecular weight excluding hydrogens is 500 g/mol. The second kappa shape index (κ2) is 10.0. The molecule has 0 radical (unpaired) electrons. The Balaban J connectivity index is 1.41. The summed E-state index contributed by atoms with van der Waals surface area (Å²) in [5, 5.41) is 22.8. The van der Waals surface area contributed by atoms with Crippen LogP contribution in [0.3, 0.4) is 0 Å². The summed E-state index contributed by atoms with van der Waals surface area (Å²) in [6.45, 7) is 1.37. The molecule has 0 spiro atoms. The van der Waals surface area contributed by atoms with E-state index in [2.05, 4.69) is 20.8 Å². The third-order valence-corrected chi connectivity index (χ3v) is 8.43. The third-order valence-electron chi connectivity index (χ3n) is 5.03. The third kappa shape index (κ3) is 5.03. The Labute approximate surface area is 206 Å². The number of anilines is 2. The predicted molar refractivity (Wildman–Crippen MR) is 129 cm³/mol. The van der Waals surface area contributed by atoms with Gasteiger partial charge in [-0.2, -0.15) is 0 Å². The lowest BCUT2D eigenvalue weighted by Crippen LogP contribution is -2.70. The summed E-state index contributed by atoms with van der Waals surface area (Å²) >= 11 is 3.85. The Morgan fingerprint density at radius 1 is 1.29 bits per heavy atom. The Morgan fingerprint density at radius 2 is 2.06 bits per heavy atom. The molecule has 4 rings (SSSR count). The van der Waals surface area contributed by atoms with Gasteiger partial charge in [0.25, 0.3) is 5.91 Å². The number of aliphatic carboxylic acids is 1. The first-order valence-corrected chi connectivity index (χ1v) is 12.9. The molecule has 178 valence electrons. The monoisotopic (exact) mass is 520 g/mol. The number of carboxylic acid groups (broad SMARTS) is 1. The molecule has 2 aliphatic heterocycles. The summed E-state index contributed by atoms with van der Waals surface area (Å²) in [4.78, 5) is 49.6. The normalized spacial score (nSPS) is 19.3. The minimum atomic E-state index is -1.20. The molecule has 0 bridgehead atoms. The molecular formula is C20H20N6O5S3. The van der Waals surface area contributed by atoms with Crippen LogP contribution in [0.25, 0.3) is 0 Å². The number of nitrogens with one attached hydrogen (secondary N) is 2. The molecule has 34 heavy (non-hydrogen) atoms. The Hall–Kier alpha value is -3.10. The van der Waals surface area contributed by atoms with Crippen LogP contribution in [0.2, 0.25) is 0 Å². The van der Waals surface area contributed by atoms with Gasteiger partial charge in [-0.05, 0) is 17.2 Å². The molecule has 5 N–H and O–H groups in total. The van der Waals surface area contributed by atoms with Crippen LogP contribution >= 0.6 is 34.9 Å². The van der Waals surface area contributed by atoms with Crippen molar-refractivity contribution in [3.8, 4) is 0 Å². The van der Waals surface area contributed by atoms with E-state index in [-0.39, 0.29) is 23.9 Å². The molecule has 2 aliphatic rings. The molecule has 3 heterocycles. The summed E-state index contributed by atoms with van der Waals surface area (Å²) in [5.41, 5.74) is 7.54. The van der Waals surface area contributed by atoms with Crippen LogP contribution in [0.1, 0.15) is 12.5 Å². The van der Waals surface area contributed by atoms with E-state index in [1.54, 1.807) is 24.3 Å². The summed E-state index contributed by atoms with van der Waals surface area (Å²) in [5.74, 6) is -1.60. The van der Waals surface area contributed by atoms with Gasteiger partial charge in [0.1, 0.15) is 17.1 Å². The number of para-hydroxylation sites is 1. The van der Waals surface area contributed by atoms with E-state index < -0.39 is 23.3 Å². The molecule has 0 aliphatic carbocycles. The molecule has 14 heteroatoms. The van der Waals surface area contributed by atoms with Crippen LogP contribution in [-0.4, -0.2) is 66.8 Å². The van der Waals surface area contributed by atoms with E-state index in [0.29, 0.717) is 37.8 Å². The summed E-state index contributed by atoms with van der Waals surface area (Å²) < 4.78 is 0.563. The van der Waals surface area contributed by atoms with E-state index >= 15 is 0 Å². The first kappa shape index (κ1) is 24.0. The Morgan fingerprint density at radius 3 is 2.76 bits per heavy atom. The van der Waals surface area contributed by atoms with Crippen molar-refractivity contribution in [2.45, 2.75) is 29.1 Å². The number of β-lactam (4-membered cyclic amide) rings is 1. The maximum absolute atomic E-state index is 12.8. The van der Waals surface area contributed by atoms with Gasteiger partial charge in [0.05, 0.1) is 6.42 Å². The number of thioether (sulfide) groups is 2. The van der Waals surface area contributed by atoms with Crippen LogP contribution in [0.15, 0.2) is 39.9 Å². The fraction of sp³-hybridized carbons (Fsp3) is 0.300. The highest BCUT2D eigenvalue weighted by atomic mass is 32.2. The Bertz CT molecular complexity index is 1200. The molecule has 1 saturated heterocycles. The topological polar surface area (TPSA) is 168 Å². The number of carboxylic acids is 1. The van der Waals surface area contributed by atoms with Gasteiger partial charge in [-0.3, -0.25) is 19.3 Å². The van der Waals surface area contributed by atoms with Gasteiger partial charge >= 0.3 is 5.97 Å². The molecule has 1 unspecified atom stereocenters. The van der Waals surface area contributed by atoms with E-state index in [1.165, 1.54) is 46.7 Å². The fourth-order valence-electron chi connectivity index (χ4n) is 3.51. The lowest BCUT2D eigenvalue weighted by Gasteiger charge is -2.49. The SMILES string of the molecule is CC(=O)Nc1nnc(SCC2=C(C(=O)O)N3C(=O)C(NC(=O)Cc4ccccc4N)[C@H]3SC2)s1. The van der Waals surface area contributed by atoms with E-state index in [9.17, 15) is 24.3 Å². The zero-order valence-electron chi connectivity index (χ0n) is 17.8. The lowest BCUT2D eigenvalue weighted by molar-refractivity contribution is -0.150. The average molecular weight is 521 g/mol. The Kier molecular flexibility index (Phi) is 7.09. The highest BCUT2D eigenvalue weighted by Gasteiger charge is 2.54. The predicted octanol–water partition coefficient (Wildman–Crippen LogP) is 1.15. The van der Waals surface area contributed by atoms with E-state index in [0.717, 1.165) is 0 Å². The molecule has 2 atom stereocenters. The number of carbonyl (C=O) groups excluding carboxylic acids is 3. The van der Waals surface area contributed by atoms with Crippen LogP contribution in [-0.2, 0) is 25.6 Å². The van der Waals surface area contributed by atoms with Gasteiger partial charge in [0.2, 0.25) is 16.9 Å². The number of amides is 3. The van der Waals surface area contributed by atoms with Crippen molar-refractivity contribution in [1.29, 1.82) is 0 Å². The van der Waals surface area contributed by atoms with Gasteiger partial charge < -0.3 is 21.5 Å². The van der Waals surface area contributed by atoms with Gasteiger partial charge in [-0.1, -0.05) is 41.3 Å². The van der Waals surface area contributed by atoms with E-state index in [1.807, 2.05) is 0 Å². The van der Waals surface area contributed by atoms with Crippen LogP contribution in [0, 0.1) is 0 Å². The summed E-state index contributed by atoms with van der Waals surface area (Å²) in [6.07, 6.45) is 0.0275. The minimum absolute atomic E-state index is 0.0275. The number of rotatable bonds is 8. The summed E-state index contributed by atoms with van der Waals surface area (Å²) in [6, 6.07) is 6.19. The number of benzene rings is 1. The first-order valence-electron chi connectivity index (χ1n) is 10.0. The van der Waals surface area contributed by atoms with Crippen molar-refractivity contribution in [2.24, 2.45) is 0 Å². The van der Waals surface area contributed by atoms with Gasteiger partial charge in [0, 0.05) is 24.1 Å². The van der Waals surface area contributed by atoms with Crippen molar-refractivity contribution in [3.05, 3.63) is 41.1 Å². The number of nitrogen functional groups attached to an aromatic ring is 1. The standard InChI is InChI=1S/C20H20N6O5S3/c1-9(27)22-19-24-25-20(34-19)33-8-11-7-32-17-14(16(29)26(17)15(11)18(30)31)23-13(28)6-10-4-2-3-5-12(10)21/h2-5,14,17H,6-8,21H2,1H3,(H,23,28)(H,30,31)(H,22,24,27)/t14?,17-/m1/s1. The number of aromatic nitrogens is 2. The van der Waals surface area contributed by atoms with Gasteiger partial charge in [0.15, 0.2) is 4.34 Å². The number of nitrogens with two attached hydrogens (primary N) is 1. The first-order chi connectivity index (χ1) is 16.2. The molecule has 0 saturated carbocycles. The number of fused-ring (bicyclic) bond motifs is 1. The van der Waals surface area contributed by atoms with Crippen molar-refractivity contribution >= 4 is 69.4 Å². The quantitative estimate of drug-likeness (QED) is 0.171. The molecule has 3 amide bonds. The summed E-state index contributed by atoms with van der Waals surface area (Å²) in [7, 11) is 0. The number of carbonyl (C=O) groups is 4.